The summed E-state index contributed by atoms with van der Waals surface area (Å²) in [6, 6.07) is 10.1. The van der Waals surface area contributed by atoms with Gasteiger partial charge >= 0.3 is 0 Å². The molecule has 0 aliphatic rings. The summed E-state index contributed by atoms with van der Waals surface area (Å²) in [5, 5.41) is 3.10. The zero-order chi connectivity index (χ0) is 14.5. The first-order valence-corrected chi connectivity index (χ1v) is 7.45. The van der Waals surface area contributed by atoms with Crippen LogP contribution in [0.1, 0.15) is 16.6 Å². The van der Waals surface area contributed by atoms with E-state index in [0.717, 1.165) is 21.8 Å². The van der Waals surface area contributed by atoms with Gasteiger partial charge in [0.25, 0.3) is 0 Å². The van der Waals surface area contributed by atoms with E-state index in [2.05, 4.69) is 37.9 Å². The fourth-order valence-corrected chi connectivity index (χ4v) is 2.93. The predicted molar refractivity (Wildman–Crippen MR) is 83.4 cm³/mol. The molecule has 3 aromatic rings. The van der Waals surface area contributed by atoms with Crippen LogP contribution in [-0.4, -0.2) is 15.0 Å². The fourth-order valence-electron chi connectivity index (χ4n) is 2.08. The van der Waals surface area contributed by atoms with E-state index in [1.807, 2.05) is 18.2 Å². The van der Waals surface area contributed by atoms with E-state index in [-0.39, 0.29) is 6.04 Å². The molecule has 106 valence electrons. The Balaban J connectivity index is 1.78. The van der Waals surface area contributed by atoms with Crippen LogP contribution in [0.4, 0.5) is 0 Å². The first-order chi connectivity index (χ1) is 10.4. The van der Waals surface area contributed by atoms with Crippen molar-refractivity contribution >= 4 is 11.3 Å². The van der Waals surface area contributed by atoms with E-state index in [1.54, 1.807) is 23.7 Å². The molecule has 0 amide bonds. The molecule has 5 nitrogen and oxygen atoms in total. The molecular weight excluding hydrogens is 282 g/mol. The number of benzene rings is 1. The van der Waals surface area contributed by atoms with E-state index >= 15 is 0 Å². The number of aromatic nitrogens is 3. The Morgan fingerprint density at radius 1 is 1.14 bits per heavy atom. The van der Waals surface area contributed by atoms with Crippen molar-refractivity contribution in [3.63, 3.8) is 0 Å². The van der Waals surface area contributed by atoms with Gasteiger partial charge in [-0.25, -0.2) is 15.0 Å². The number of hydrogen-bond donors (Lipinski definition) is 2. The van der Waals surface area contributed by atoms with Crippen molar-refractivity contribution in [2.24, 2.45) is 5.84 Å². The van der Waals surface area contributed by atoms with E-state index in [1.165, 1.54) is 6.33 Å². The van der Waals surface area contributed by atoms with Gasteiger partial charge in [0, 0.05) is 35.3 Å². The summed E-state index contributed by atoms with van der Waals surface area (Å²) in [5.41, 5.74) is 5.88. The topological polar surface area (TPSA) is 76.7 Å². The van der Waals surface area contributed by atoms with E-state index < -0.39 is 0 Å². The molecule has 2 heterocycles. The summed E-state index contributed by atoms with van der Waals surface area (Å²) in [6.07, 6.45) is 5.75. The maximum atomic E-state index is 5.64. The molecular formula is C15H15N5S. The van der Waals surface area contributed by atoms with Crippen LogP contribution >= 0.6 is 11.3 Å². The number of rotatable bonds is 5. The van der Waals surface area contributed by atoms with Crippen molar-refractivity contribution < 1.29 is 0 Å². The first-order valence-electron chi connectivity index (χ1n) is 6.57. The van der Waals surface area contributed by atoms with Crippen molar-refractivity contribution in [3.05, 3.63) is 65.0 Å². The maximum absolute atomic E-state index is 5.64. The fraction of sp³-hybridized carbons (Fsp3) is 0.133. The van der Waals surface area contributed by atoms with Crippen molar-refractivity contribution in [2.45, 2.75) is 12.5 Å². The highest BCUT2D eigenvalue weighted by Gasteiger charge is 2.14. The summed E-state index contributed by atoms with van der Waals surface area (Å²) in [6.45, 7) is 0. The van der Waals surface area contributed by atoms with Crippen molar-refractivity contribution in [3.8, 4) is 11.3 Å². The van der Waals surface area contributed by atoms with Crippen LogP contribution in [0, 0.1) is 0 Å². The summed E-state index contributed by atoms with van der Waals surface area (Å²) < 4.78 is 0. The minimum absolute atomic E-state index is 0.0408. The van der Waals surface area contributed by atoms with Crippen LogP contribution in [0.2, 0.25) is 0 Å². The van der Waals surface area contributed by atoms with E-state index in [0.29, 0.717) is 6.42 Å². The van der Waals surface area contributed by atoms with Crippen LogP contribution in [0.25, 0.3) is 11.3 Å². The summed E-state index contributed by atoms with van der Waals surface area (Å²) in [4.78, 5) is 12.7. The molecule has 6 heteroatoms. The minimum atomic E-state index is -0.0408. The second-order valence-electron chi connectivity index (χ2n) is 4.59. The Kier molecular flexibility index (Phi) is 4.30. The average Bonchev–Trinajstić information content (AvgIpc) is 3.03. The summed E-state index contributed by atoms with van der Waals surface area (Å²) in [7, 11) is 0. The first kappa shape index (κ1) is 13.8. The van der Waals surface area contributed by atoms with Gasteiger partial charge in [0.2, 0.25) is 0 Å². The Hall–Kier alpha value is -2.15. The monoisotopic (exact) mass is 297 g/mol. The molecule has 0 aliphatic heterocycles. The highest BCUT2D eigenvalue weighted by Crippen LogP contribution is 2.24. The van der Waals surface area contributed by atoms with Gasteiger partial charge in [-0.3, -0.25) is 11.3 Å². The van der Waals surface area contributed by atoms with Crippen LogP contribution in [0.5, 0.6) is 0 Å². The second kappa shape index (κ2) is 6.53. The third-order valence-electron chi connectivity index (χ3n) is 3.18. The molecule has 0 saturated heterocycles. The van der Waals surface area contributed by atoms with Gasteiger partial charge < -0.3 is 0 Å². The number of thiazole rings is 1. The number of nitrogens with one attached hydrogen (secondary N) is 1. The van der Waals surface area contributed by atoms with Crippen LogP contribution in [0.15, 0.2) is 54.4 Å². The molecule has 2 aromatic heterocycles. The highest BCUT2D eigenvalue weighted by atomic mass is 32.1. The van der Waals surface area contributed by atoms with Gasteiger partial charge in [-0.15, -0.1) is 11.3 Å². The minimum Gasteiger partial charge on any atom is -0.271 e. The smallest absolute Gasteiger partial charge is 0.115 e. The molecule has 1 aromatic carbocycles. The molecule has 3 N–H and O–H groups in total. The SMILES string of the molecule is NNC(Cc1nc(-c2ccccc2)cs1)c1cncnc1. The lowest BCUT2D eigenvalue weighted by Gasteiger charge is -2.13. The molecule has 0 fully saturated rings. The number of hydrazine groups is 1. The molecule has 0 radical (unpaired) electrons. The van der Waals surface area contributed by atoms with Crippen LogP contribution in [-0.2, 0) is 6.42 Å². The maximum Gasteiger partial charge on any atom is 0.115 e. The molecule has 3 rings (SSSR count). The van der Waals surface area contributed by atoms with Gasteiger partial charge in [0.15, 0.2) is 0 Å². The third-order valence-corrected chi connectivity index (χ3v) is 4.06. The normalized spacial score (nSPS) is 12.2. The predicted octanol–water partition coefficient (Wildman–Crippen LogP) is 2.35. The number of nitrogens with zero attached hydrogens (tertiary/aromatic N) is 3. The molecule has 1 unspecified atom stereocenters. The summed E-state index contributed by atoms with van der Waals surface area (Å²) >= 11 is 1.64. The Labute approximate surface area is 126 Å². The quantitative estimate of drug-likeness (QED) is 0.558. The Bertz CT molecular complexity index is 684. The van der Waals surface area contributed by atoms with Crippen molar-refractivity contribution in [2.75, 3.05) is 0 Å². The van der Waals surface area contributed by atoms with Gasteiger partial charge in [-0.2, -0.15) is 0 Å². The van der Waals surface area contributed by atoms with Gasteiger partial charge in [-0.1, -0.05) is 30.3 Å². The number of nitrogens with two attached hydrogens (primary N) is 1. The molecule has 1 atom stereocenters. The molecule has 0 aliphatic carbocycles. The van der Waals surface area contributed by atoms with Gasteiger partial charge in [0.1, 0.15) is 6.33 Å². The Morgan fingerprint density at radius 3 is 2.62 bits per heavy atom. The number of hydrogen-bond acceptors (Lipinski definition) is 6. The lowest BCUT2D eigenvalue weighted by Crippen LogP contribution is -2.29. The molecule has 21 heavy (non-hydrogen) atoms. The van der Waals surface area contributed by atoms with Crippen LogP contribution in [0.3, 0.4) is 0 Å². The lowest BCUT2D eigenvalue weighted by molar-refractivity contribution is 0.547. The molecule has 0 spiro atoms. The standard InChI is InChI=1S/C15H15N5S/c16-20-13(12-7-17-10-18-8-12)6-15-19-14(9-21-15)11-4-2-1-3-5-11/h1-5,7-10,13,20H,6,16H2. The average molecular weight is 297 g/mol. The third kappa shape index (κ3) is 3.30. The van der Waals surface area contributed by atoms with E-state index in [9.17, 15) is 0 Å². The van der Waals surface area contributed by atoms with Crippen molar-refractivity contribution in [1.29, 1.82) is 0 Å². The largest absolute Gasteiger partial charge is 0.271 e. The molecule has 0 saturated carbocycles. The summed E-state index contributed by atoms with van der Waals surface area (Å²) in [5.74, 6) is 5.64. The van der Waals surface area contributed by atoms with E-state index in [4.69, 9.17) is 5.84 Å². The molecule has 0 bridgehead atoms. The lowest BCUT2D eigenvalue weighted by atomic mass is 10.1. The zero-order valence-electron chi connectivity index (χ0n) is 11.3. The van der Waals surface area contributed by atoms with Gasteiger partial charge in [0.05, 0.1) is 16.7 Å². The van der Waals surface area contributed by atoms with Crippen LogP contribution < -0.4 is 11.3 Å². The van der Waals surface area contributed by atoms with Gasteiger partial charge in [-0.05, 0) is 0 Å². The second-order valence-corrected chi connectivity index (χ2v) is 5.53. The van der Waals surface area contributed by atoms with Crippen molar-refractivity contribution in [1.82, 2.24) is 20.4 Å². The zero-order valence-corrected chi connectivity index (χ0v) is 12.1. The Morgan fingerprint density at radius 2 is 1.90 bits per heavy atom. The highest BCUT2D eigenvalue weighted by molar-refractivity contribution is 7.09.